The summed E-state index contributed by atoms with van der Waals surface area (Å²) in [6.45, 7) is 0. The highest BCUT2D eigenvalue weighted by atomic mass is 32.2. The summed E-state index contributed by atoms with van der Waals surface area (Å²) in [5, 5.41) is 32.4. The first-order valence-corrected chi connectivity index (χ1v) is 21.6. The van der Waals surface area contributed by atoms with Gasteiger partial charge in [-0.2, -0.15) is 27.0 Å². The van der Waals surface area contributed by atoms with Gasteiger partial charge in [-0.1, -0.05) is 0 Å². The lowest BCUT2D eigenvalue weighted by Gasteiger charge is -2.20. The van der Waals surface area contributed by atoms with E-state index < -0.39 is 82.1 Å². The van der Waals surface area contributed by atoms with Gasteiger partial charge in [0, 0.05) is 34.6 Å². The summed E-state index contributed by atoms with van der Waals surface area (Å²) >= 11 is 0. The number of ketones is 2. The van der Waals surface area contributed by atoms with Crippen LogP contribution in [-0.2, 0) is 20.2 Å². The summed E-state index contributed by atoms with van der Waals surface area (Å²) in [6.07, 6.45) is 1.75. The van der Waals surface area contributed by atoms with Crippen LogP contribution in [0.1, 0.15) is 52.6 Å². The van der Waals surface area contributed by atoms with Gasteiger partial charge in [-0.15, -0.1) is 0 Å². The number of hydrogen-bond acceptors (Lipinski definition) is 19. The molecular weight excluding hydrogens is 945 g/mol. The van der Waals surface area contributed by atoms with Crippen LogP contribution in [0.2, 0.25) is 0 Å². The van der Waals surface area contributed by atoms with Crippen LogP contribution in [-0.4, -0.2) is 120 Å². The molecule has 0 saturated carbocycles. The Morgan fingerprint density at radius 1 is 0.529 bits per heavy atom. The molecule has 25 nitrogen and oxygen atoms in total. The van der Waals surface area contributed by atoms with Gasteiger partial charge in [-0.3, -0.25) is 29.5 Å². The number of carbonyl (C=O) groups excluding carboxylic acids is 3. The van der Waals surface area contributed by atoms with Gasteiger partial charge < -0.3 is 49.3 Å². The van der Waals surface area contributed by atoms with Crippen molar-refractivity contribution < 1.29 is 88.5 Å². The van der Waals surface area contributed by atoms with E-state index in [1.807, 2.05) is 0 Å². The van der Waals surface area contributed by atoms with E-state index in [1.54, 1.807) is 0 Å². The average Bonchev–Trinajstić information content (AvgIpc) is 3.28. The third-order valence-corrected chi connectivity index (χ3v) is 11.5. The van der Waals surface area contributed by atoms with Crippen molar-refractivity contribution in [3.8, 4) is 34.5 Å². The van der Waals surface area contributed by atoms with E-state index in [0.29, 0.717) is 0 Å². The number of nitrogens with zero attached hydrogens (tertiary/aromatic N) is 2. The number of aromatic carboxylic acids is 2. The Morgan fingerprint density at radius 2 is 0.882 bits per heavy atom. The van der Waals surface area contributed by atoms with Crippen LogP contribution in [0.15, 0.2) is 68.5 Å². The molecule has 2 amide bonds. The van der Waals surface area contributed by atoms with Crippen LogP contribution in [0.3, 0.4) is 0 Å². The molecule has 0 bridgehead atoms. The highest BCUT2D eigenvalue weighted by Gasteiger charge is 2.36. The number of nitrogens with one attached hydrogen (secondary N) is 4. The Morgan fingerprint density at radius 3 is 1.18 bits per heavy atom. The molecule has 8 N–H and O–H groups in total. The zero-order valence-electron chi connectivity index (χ0n) is 35.9. The minimum atomic E-state index is -5.21. The van der Waals surface area contributed by atoms with E-state index in [2.05, 4.69) is 31.7 Å². The van der Waals surface area contributed by atoms with Crippen molar-refractivity contribution in [3.63, 3.8) is 0 Å². The first-order chi connectivity index (χ1) is 32.1. The summed E-state index contributed by atoms with van der Waals surface area (Å²) in [7, 11) is -3.12. The highest BCUT2D eigenvalue weighted by molar-refractivity contribution is 7.91. The smallest absolute Gasteiger partial charge is 0.338 e. The van der Waals surface area contributed by atoms with Crippen molar-refractivity contribution in [1.82, 2.24) is 0 Å². The Labute approximate surface area is 384 Å². The number of carbonyl (C=O) groups is 5. The fraction of sp³-hybridized carbons (Fsp3) is 0.146. The van der Waals surface area contributed by atoms with Crippen LogP contribution in [0, 0.1) is 0 Å². The zero-order valence-corrected chi connectivity index (χ0v) is 37.5. The van der Waals surface area contributed by atoms with Gasteiger partial charge in [0.25, 0.3) is 20.2 Å². The van der Waals surface area contributed by atoms with Gasteiger partial charge in [0.1, 0.15) is 21.2 Å². The molecule has 27 heteroatoms. The predicted octanol–water partition coefficient (Wildman–Crippen LogP) is 4.56. The van der Waals surface area contributed by atoms with Crippen molar-refractivity contribution in [2.24, 2.45) is 10.2 Å². The van der Waals surface area contributed by atoms with E-state index >= 15 is 0 Å². The minimum absolute atomic E-state index is 0.0214. The average molecular weight is 981 g/mol. The second kappa shape index (κ2) is 19.1. The minimum Gasteiger partial charge on any atom is -0.493 e. The van der Waals surface area contributed by atoms with Gasteiger partial charge in [0.15, 0.2) is 34.4 Å². The summed E-state index contributed by atoms with van der Waals surface area (Å²) in [4.78, 5) is 63.0. The molecule has 0 spiro atoms. The van der Waals surface area contributed by atoms with Gasteiger partial charge in [0.05, 0.1) is 53.8 Å². The number of Topliss-reactive ketones (excluding diaryl/α,β-unsaturated/α-hetero) is 2. The number of urea groups is 1. The maximum Gasteiger partial charge on any atom is 0.338 e. The molecule has 0 aromatic heterocycles. The van der Waals surface area contributed by atoms with Crippen LogP contribution >= 0.6 is 0 Å². The van der Waals surface area contributed by atoms with E-state index in [0.717, 1.165) is 24.3 Å². The fourth-order valence-electron chi connectivity index (χ4n) is 6.83. The number of carboxylic acid groups (broad SMARTS) is 2. The molecule has 0 aliphatic heterocycles. The second-order valence-electron chi connectivity index (χ2n) is 13.7. The lowest BCUT2D eigenvalue weighted by Crippen LogP contribution is -2.28. The van der Waals surface area contributed by atoms with E-state index in [1.165, 1.54) is 79.1 Å². The first kappa shape index (κ1) is 48.9. The van der Waals surface area contributed by atoms with E-state index in [9.17, 15) is 60.1 Å². The first-order valence-electron chi connectivity index (χ1n) is 18.8. The highest BCUT2D eigenvalue weighted by Crippen LogP contribution is 2.47. The normalized spacial score (nSPS) is 14.4. The number of benzene rings is 4. The molecule has 6 rings (SSSR count). The monoisotopic (exact) mass is 980 g/mol. The van der Waals surface area contributed by atoms with E-state index in [4.69, 9.17) is 28.4 Å². The molecule has 0 unspecified atom stereocenters. The number of fused-ring (bicyclic) bond motifs is 2. The fourth-order valence-corrected chi connectivity index (χ4v) is 8.14. The third kappa shape index (κ3) is 9.42. The molecule has 0 radical (unpaired) electrons. The number of rotatable bonds is 16. The number of carboxylic acids is 2. The number of hydrazone groups is 2. The van der Waals surface area contributed by atoms with Gasteiger partial charge in [-0.05, 0) is 59.7 Å². The molecular formula is C41H36N6O19S2. The number of allylic oxidation sites excluding steroid dienone is 2. The molecule has 4 aromatic rings. The standard InChI is InChI=1S/C41H36N6O19S2/c1-61-25-15-23(39(50)51)29(37(65-5)35(25)63-3)44-46-31-27(67(55,56)57)13-17-11-19(7-9-21(17)33(31)48)42-41(54)43-20-8-10-22-18(12-20)14-28(68(58,59)60)32(34(22)49)47-45-30-24(40(52)53)16-26(62-2)36(64-4)38(30)66-6/h7-16,44-45H,1-6H3,(H,50,51)(H,52,53)(H2,42,43,54)(H,55,56,57)(H,58,59,60)/b46-31-,47-32-. The third-order valence-electron chi connectivity index (χ3n) is 9.81. The quantitative estimate of drug-likeness (QED) is 0.0563. The summed E-state index contributed by atoms with van der Waals surface area (Å²) in [5.74, 6) is -5.85. The van der Waals surface area contributed by atoms with E-state index in [-0.39, 0.29) is 79.5 Å². The molecule has 0 heterocycles. The largest absolute Gasteiger partial charge is 0.493 e. The molecule has 2 aliphatic carbocycles. The van der Waals surface area contributed by atoms with Crippen molar-refractivity contribution >= 4 is 96.1 Å². The second-order valence-corrected chi connectivity index (χ2v) is 16.5. The summed E-state index contributed by atoms with van der Waals surface area (Å²) < 4.78 is 102. The maximum absolute atomic E-state index is 13.7. The number of ether oxygens (including phenoxy) is 6. The SMILES string of the molecule is COc1cc(C(=O)O)c(N/N=C2\C(=O)c3ccc(NC(=O)Nc4ccc5c(c4)C=C(S(=O)(=O)O)/C(=N/Nc4c(C(=O)O)cc(OC)c(OC)c4OC)C5=O)cc3C=C2S(=O)(=O)O)c(OC)c1OC. The topological polar surface area (TPSA) is 363 Å². The zero-order chi connectivity index (χ0) is 50.0. The van der Waals surface area contributed by atoms with Crippen molar-refractivity contribution in [2.75, 3.05) is 64.1 Å². The van der Waals surface area contributed by atoms with Gasteiger partial charge >= 0.3 is 18.0 Å². The maximum atomic E-state index is 13.7. The molecule has 356 valence electrons. The number of methoxy groups -OCH3 is 6. The van der Waals surface area contributed by atoms with Crippen LogP contribution in [0.25, 0.3) is 12.2 Å². The van der Waals surface area contributed by atoms with Crippen molar-refractivity contribution in [1.29, 1.82) is 0 Å². The number of amides is 2. The van der Waals surface area contributed by atoms with Crippen molar-refractivity contribution in [3.05, 3.63) is 91.7 Å². The molecule has 2 aliphatic rings. The van der Waals surface area contributed by atoms with Gasteiger partial charge in [0.2, 0.25) is 23.1 Å². The molecule has 0 fully saturated rings. The molecule has 4 aromatic carbocycles. The Kier molecular flexibility index (Phi) is 13.8. The van der Waals surface area contributed by atoms with Crippen LogP contribution < -0.4 is 49.9 Å². The van der Waals surface area contributed by atoms with Crippen molar-refractivity contribution in [2.45, 2.75) is 0 Å². The Hall–Kier alpha value is -8.53. The lowest BCUT2D eigenvalue weighted by molar-refractivity contribution is 0.0686. The summed E-state index contributed by atoms with van der Waals surface area (Å²) in [5.41, 5.74) is 0.655. The Balaban J connectivity index is 1.27. The molecule has 0 atom stereocenters. The number of anilines is 4. The van der Waals surface area contributed by atoms with Gasteiger partial charge in [-0.25, -0.2) is 14.4 Å². The van der Waals surface area contributed by atoms with Crippen LogP contribution in [0.4, 0.5) is 27.5 Å². The summed E-state index contributed by atoms with van der Waals surface area (Å²) in [6, 6.07) is 8.45. The molecule has 0 saturated heterocycles. The molecule has 68 heavy (non-hydrogen) atoms. The number of hydrogen-bond donors (Lipinski definition) is 8. The predicted molar refractivity (Wildman–Crippen MR) is 241 cm³/mol. The van der Waals surface area contributed by atoms with Crippen LogP contribution in [0.5, 0.6) is 34.5 Å². The lowest BCUT2D eigenvalue weighted by atomic mass is 9.94. The Bertz CT molecular complexity index is 3010.